The van der Waals surface area contributed by atoms with Crippen molar-refractivity contribution in [2.75, 3.05) is 20.6 Å². The van der Waals surface area contributed by atoms with Crippen molar-refractivity contribution in [3.8, 4) is 0 Å². The fraction of sp³-hybridized carbons (Fsp3) is 0.700. The van der Waals surface area contributed by atoms with Crippen LogP contribution in [0.5, 0.6) is 0 Å². The van der Waals surface area contributed by atoms with Gasteiger partial charge in [-0.25, -0.2) is 0 Å². The third-order valence-corrected chi connectivity index (χ3v) is 4.49. The van der Waals surface area contributed by atoms with Crippen LogP contribution in [-0.2, 0) is 16.0 Å². The Morgan fingerprint density at radius 3 is 2.35 bits per heavy atom. The average Bonchev–Trinajstić information content (AvgIpc) is 2.35. The zero-order valence-corrected chi connectivity index (χ0v) is 15.9. The minimum absolute atomic E-state index is 0.0514. The second-order valence-electron chi connectivity index (χ2n) is 9.09. The van der Waals surface area contributed by atoms with E-state index in [1.54, 1.807) is 0 Å². The highest BCUT2D eigenvalue weighted by Gasteiger charge is 2.44. The van der Waals surface area contributed by atoms with Gasteiger partial charge in [0.25, 0.3) is 0 Å². The minimum atomic E-state index is -0.158. The summed E-state index contributed by atoms with van der Waals surface area (Å²) in [7, 11) is 4.57. The van der Waals surface area contributed by atoms with Crippen LogP contribution in [0.3, 0.4) is 0 Å². The van der Waals surface area contributed by atoms with Crippen LogP contribution in [0.2, 0.25) is 0 Å². The molecule has 3 nitrogen and oxygen atoms in total. The fourth-order valence-electron chi connectivity index (χ4n) is 3.97. The molecule has 130 valence electrons. The number of quaternary nitrogens is 1. The summed E-state index contributed by atoms with van der Waals surface area (Å²) >= 11 is 0. The van der Waals surface area contributed by atoms with E-state index in [4.69, 9.17) is 9.47 Å². The van der Waals surface area contributed by atoms with E-state index in [0.29, 0.717) is 0 Å². The van der Waals surface area contributed by atoms with Crippen LogP contribution in [-0.4, -0.2) is 43.1 Å². The zero-order valence-electron chi connectivity index (χ0n) is 15.9. The van der Waals surface area contributed by atoms with Gasteiger partial charge in [-0.1, -0.05) is 30.3 Å². The number of rotatable bonds is 5. The predicted octanol–water partition coefficient (Wildman–Crippen LogP) is 4.22. The maximum atomic E-state index is 6.27. The highest BCUT2D eigenvalue weighted by atomic mass is 16.7. The Hall–Kier alpha value is -0.900. The lowest BCUT2D eigenvalue weighted by Crippen LogP contribution is -2.55. The van der Waals surface area contributed by atoms with Crippen LogP contribution in [0.15, 0.2) is 30.3 Å². The summed E-state index contributed by atoms with van der Waals surface area (Å²) in [5.41, 5.74) is 1.20. The molecular weight excluding hydrogens is 286 g/mol. The fourth-order valence-corrected chi connectivity index (χ4v) is 3.97. The second-order valence-corrected chi connectivity index (χ2v) is 9.09. The quantitative estimate of drug-likeness (QED) is 0.756. The molecule has 0 spiro atoms. The smallest absolute Gasteiger partial charge is 0.169 e. The molecule has 1 heterocycles. The molecule has 0 unspecified atom stereocenters. The van der Waals surface area contributed by atoms with Crippen molar-refractivity contribution < 1.29 is 14.0 Å². The molecule has 2 rings (SSSR count). The molecule has 1 aromatic carbocycles. The Kier molecular flexibility index (Phi) is 5.24. The van der Waals surface area contributed by atoms with Gasteiger partial charge in [-0.05, 0) is 34.6 Å². The van der Waals surface area contributed by atoms with Gasteiger partial charge < -0.3 is 14.0 Å². The summed E-state index contributed by atoms with van der Waals surface area (Å²) < 4.78 is 13.3. The summed E-state index contributed by atoms with van der Waals surface area (Å²) in [5, 5.41) is 0. The summed E-state index contributed by atoms with van der Waals surface area (Å²) in [6.07, 6.45) is 1.03. The summed E-state index contributed by atoms with van der Waals surface area (Å²) in [5.74, 6) is 0. The van der Waals surface area contributed by atoms with Crippen molar-refractivity contribution in [2.45, 2.75) is 65.6 Å². The van der Waals surface area contributed by atoms with Crippen LogP contribution in [0.25, 0.3) is 0 Å². The number of ether oxygens (including phenoxy) is 2. The Morgan fingerprint density at radius 2 is 1.78 bits per heavy atom. The molecule has 23 heavy (non-hydrogen) atoms. The van der Waals surface area contributed by atoms with E-state index in [2.05, 4.69) is 79.0 Å². The Balaban J connectivity index is 2.07. The number of nitrogens with zero attached hydrogens (tertiary/aromatic N) is 1. The molecule has 1 fully saturated rings. The minimum Gasteiger partial charge on any atom is -0.349 e. The third kappa shape index (κ3) is 5.30. The first kappa shape index (κ1) is 18.4. The van der Waals surface area contributed by atoms with E-state index in [-0.39, 0.29) is 23.4 Å². The Morgan fingerprint density at radius 1 is 1.17 bits per heavy atom. The van der Waals surface area contributed by atoms with E-state index >= 15 is 0 Å². The number of hydrogen-bond acceptors (Lipinski definition) is 2. The van der Waals surface area contributed by atoms with E-state index in [1.165, 1.54) is 5.56 Å². The lowest BCUT2D eigenvalue weighted by molar-refractivity contribution is -0.910. The molecule has 1 saturated heterocycles. The second kappa shape index (κ2) is 6.54. The molecule has 0 aromatic heterocycles. The molecular formula is C20H34NO2+. The molecule has 0 N–H and O–H groups in total. The molecule has 0 radical (unpaired) electrons. The van der Waals surface area contributed by atoms with E-state index in [1.807, 2.05) is 0 Å². The SMILES string of the molecule is C[C@@H]1CC(C)(C)O[C@@H](C(C)(C)C[N+](C)(C)Cc2ccccc2)O1. The lowest BCUT2D eigenvalue weighted by Gasteiger charge is -2.47. The molecule has 2 atom stereocenters. The van der Waals surface area contributed by atoms with Crippen LogP contribution < -0.4 is 0 Å². The standard InChI is InChI=1S/C20H34NO2/c1-16-13-20(4,5)23-18(22-16)19(2,3)15-21(6,7)14-17-11-9-8-10-12-17/h8-12,16,18H,13-15H2,1-7H3/q+1/t16-,18+/m1/s1. The molecule has 0 amide bonds. The van der Waals surface area contributed by atoms with Crippen molar-refractivity contribution in [3.63, 3.8) is 0 Å². The van der Waals surface area contributed by atoms with Gasteiger partial charge in [0.1, 0.15) is 6.54 Å². The van der Waals surface area contributed by atoms with Gasteiger partial charge in [0, 0.05) is 12.0 Å². The molecule has 0 saturated carbocycles. The molecule has 1 aromatic rings. The van der Waals surface area contributed by atoms with Gasteiger partial charge in [0.15, 0.2) is 6.29 Å². The first-order valence-corrected chi connectivity index (χ1v) is 8.68. The Labute approximate surface area is 142 Å². The normalized spacial score (nSPS) is 25.3. The van der Waals surface area contributed by atoms with E-state index in [0.717, 1.165) is 24.0 Å². The van der Waals surface area contributed by atoms with Crippen LogP contribution >= 0.6 is 0 Å². The van der Waals surface area contributed by atoms with Crippen molar-refractivity contribution in [1.82, 2.24) is 0 Å². The maximum Gasteiger partial charge on any atom is 0.169 e. The van der Waals surface area contributed by atoms with Gasteiger partial charge in [-0.15, -0.1) is 0 Å². The maximum absolute atomic E-state index is 6.27. The predicted molar refractivity (Wildman–Crippen MR) is 95.0 cm³/mol. The van der Waals surface area contributed by atoms with Gasteiger partial charge in [-0.3, -0.25) is 0 Å². The first-order valence-electron chi connectivity index (χ1n) is 8.68. The van der Waals surface area contributed by atoms with E-state index in [9.17, 15) is 0 Å². The number of hydrogen-bond donors (Lipinski definition) is 0. The molecule has 0 bridgehead atoms. The van der Waals surface area contributed by atoms with Crippen molar-refractivity contribution in [2.24, 2.45) is 5.41 Å². The largest absolute Gasteiger partial charge is 0.349 e. The van der Waals surface area contributed by atoms with Crippen LogP contribution in [0.1, 0.15) is 46.6 Å². The lowest BCUT2D eigenvalue weighted by atomic mass is 9.88. The van der Waals surface area contributed by atoms with Crippen LogP contribution in [0.4, 0.5) is 0 Å². The van der Waals surface area contributed by atoms with Gasteiger partial charge in [-0.2, -0.15) is 0 Å². The number of benzene rings is 1. The van der Waals surface area contributed by atoms with Gasteiger partial charge in [0.2, 0.25) is 0 Å². The monoisotopic (exact) mass is 320 g/mol. The summed E-state index contributed by atoms with van der Waals surface area (Å²) in [6, 6.07) is 10.7. The summed E-state index contributed by atoms with van der Waals surface area (Å²) in [4.78, 5) is 0. The van der Waals surface area contributed by atoms with Gasteiger partial charge >= 0.3 is 0 Å². The third-order valence-electron chi connectivity index (χ3n) is 4.49. The van der Waals surface area contributed by atoms with E-state index < -0.39 is 0 Å². The van der Waals surface area contributed by atoms with Crippen LogP contribution in [0, 0.1) is 5.41 Å². The summed E-state index contributed by atoms with van der Waals surface area (Å²) in [6.45, 7) is 13.0. The highest BCUT2D eigenvalue weighted by molar-refractivity contribution is 5.13. The van der Waals surface area contributed by atoms with Crippen molar-refractivity contribution in [1.29, 1.82) is 0 Å². The Bertz CT molecular complexity index is 508. The van der Waals surface area contributed by atoms with Gasteiger partial charge in [0.05, 0.1) is 37.8 Å². The average molecular weight is 320 g/mol. The van der Waals surface area contributed by atoms with Crippen molar-refractivity contribution in [3.05, 3.63) is 35.9 Å². The van der Waals surface area contributed by atoms with Crippen molar-refractivity contribution >= 4 is 0 Å². The molecule has 1 aliphatic heterocycles. The topological polar surface area (TPSA) is 18.5 Å². The zero-order chi connectivity index (χ0) is 17.3. The molecule has 1 aliphatic rings. The highest BCUT2D eigenvalue weighted by Crippen LogP contribution is 2.37. The first-order chi connectivity index (χ1) is 10.5. The molecule has 0 aliphatic carbocycles. The molecule has 3 heteroatoms.